The second-order valence-electron chi connectivity index (χ2n) is 4.75. The lowest BCUT2D eigenvalue weighted by Crippen LogP contribution is -2.15. The molecular formula is C18H22N4. The van der Waals surface area contributed by atoms with Gasteiger partial charge in [0.15, 0.2) is 0 Å². The molecule has 0 aliphatic carbocycles. The van der Waals surface area contributed by atoms with E-state index in [9.17, 15) is 0 Å². The number of nitrogens with one attached hydrogen (secondary N) is 1. The van der Waals surface area contributed by atoms with Crippen LogP contribution >= 0.6 is 0 Å². The molecule has 0 amide bonds. The third-order valence-corrected chi connectivity index (χ3v) is 3.32. The van der Waals surface area contributed by atoms with Gasteiger partial charge in [-0.25, -0.2) is 9.98 Å². The highest BCUT2D eigenvalue weighted by atomic mass is 15.0. The van der Waals surface area contributed by atoms with Crippen molar-refractivity contribution in [2.45, 2.75) is 20.8 Å². The van der Waals surface area contributed by atoms with Crippen LogP contribution in [-0.2, 0) is 7.05 Å². The van der Waals surface area contributed by atoms with E-state index in [-0.39, 0.29) is 0 Å². The molecule has 0 fully saturated rings. The van der Waals surface area contributed by atoms with E-state index in [0.717, 1.165) is 33.3 Å². The minimum atomic E-state index is 0.873. The van der Waals surface area contributed by atoms with Crippen LogP contribution in [-0.4, -0.2) is 14.5 Å². The van der Waals surface area contributed by atoms with Crippen molar-refractivity contribution in [1.29, 1.82) is 0 Å². The largest absolute Gasteiger partial charge is 0.346 e. The standard InChI is InChI=1S/C16H16N4.C2H6/c1-4-17-15-8-6-12(10-20(15)3)14-9-18-16-13(14)7-5-11(2)19-16;1-2/h4-10H,1H2,2-3H3,(H,18,19);1-2H3. The Kier molecular flexibility index (Phi) is 4.94. The van der Waals surface area contributed by atoms with Crippen molar-refractivity contribution in [3.05, 3.63) is 60.6 Å². The number of hydrogen-bond donors (Lipinski definition) is 1. The first-order valence-electron chi connectivity index (χ1n) is 7.45. The third-order valence-electron chi connectivity index (χ3n) is 3.32. The normalized spacial score (nSPS) is 11.2. The van der Waals surface area contributed by atoms with Crippen LogP contribution in [0, 0.1) is 6.92 Å². The quantitative estimate of drug-likeness (QED) is 0.764. The van der Waals surface area contributed by atoms with Crippen molar-refractivity contribution in [2.75, 3.05) is 0 Å². The molecule has 0 radical (unpaired) electrons. The maximum atomic E-state index is 4.50. The summed E-state index contributed by atoms with van der Waals surface area (Å²) in [6, 6.07) is 8.18. The molecule has 0 atom stereocenters. The number of aryl methyl sites for hydroxylation is 2. The van der Waals surface area contributed by atoms with E-state index < -0.39 is 0 Å². The van der Waals surface area contributed by atoms with Gasteiger partial charge in [-0.1, -0.05) is 20.4 Å². The predicted octanol–water partition coefficient (Wildman–Crippen LogP) is 3.95. The Morgan fingerprint density at radius 3 is 2.68 bits per heavy atom. The fourth-order valence-electron chi connectivity index (χ4n) is 2.33. The van der Waals surface area contributed by atoms with E-state index >= 15 is 0 Å². The number of H-pyrrole nitrogens is 1. The lowest BCUT2D eigenvalue weighted by molar-refractivity contribution is 0.836. The predicted molar refractivity (Wildman–Crippen MR) is 92.3 cm³/mol. The molecule has 114 valence electrons. The molecular weight excluding hydrogens is 272 g/mol. The molecule has 0 bridgehead atoms. The molecule has 4 heteroatoms. The van der Waals surface area contributed by atoms with Crippen LogP contribution in [0.5, 0.6) is 0 Å². The second-order valence-corrected chi connectivity index (χ2v) is 4.75. The van der Waals surface area contributed by atoms with E-state index in [1.165, 1.54) is 0 Å². The first-order chi connectivity index (χ1) is 10.7. The lowest BCUT2D eigenvalue weighted by Gasteiger charge is -2.04. The van der Waals surface area contributed by atoms with Crippen LogP contribution in [0.15, 0.2) is 54.4 Å². The van der Waals surface area contributed by atoms with Crippen LogP contribution in [0.1, 0.15) is 19.5 Å². The van der Waals surface area contributed by atoms with Gasteiger partial charge in [0.25, 0.3) is 0 Å². The van der Waals surface area contributed by atoms with Crippen LogP contribution in [0.3, 0.4) is 0 Å². The topological polar surface area (TPSA) is 46.0 Å². The van der Waals surface area contributed by atoms with Gasteiger partial charge in [-0.2, -0.15) is 0 Å². The van der Waals surface area contributed by atoms with Gasteiger partial charge in [0.2, 0.25) is 0 Å². The van der Waals surface area contributed by atoms with Gasteiger partial charge in [0, 0.05) is 47.8 Å². The Morgan fingerprint density at radius 1 is 1.23 bits per heavy atom. The zero-order valence-electron chi connectivity index (χ0n) is 13.6. The van der Waals surface area contributed by atoms with Gasteiger partial charge in [-0.15, -0.1) is 0 Å². The van der Waals surface area contributed by atoms with Crippen molar-refractivity contribution >= 4 is 11.0 Å². The minimum Gasteiger partial charge on any atom is -0.346 e. The van der Waals surface area contributed by atoms with Crippen LogP contribution in [0.25, 0.3) is 22.2 Å². The summed E-state index contributed by atoms with van der Waals surface area (Å²) in [4.78, 5) is 11.9. The maximum Gasteiger partial charge on any atom is 0.138 e. The van der Waals surface area contributed by atoms with Gasteiger partial charge < -0.3 is 9.55 Å². The monoisotopic (exact) mass is 294 g/mol. The van der Waals surface area contributed by atoms with Crippen molar-refractivity contribution < 1.29 is 0 Å². The van der Waals surface area contributed by atoms with Crippen LogP contribution in [0.4, 0.5) is 0 Å². The molecule has 0 aliphatic rings. The summed E-state index contributed by atoms with van der Waals surface area (Å²) in [5.41, 5.74) is 5.08. The summed E-state index contributed by atoms with van der Waals surface area (Å²) in [6.45, 7) is 9.62. The Bertz CT molecular complexity index is 853. The molecule has 22 heavy (non-hydrogen) atoms. The Balaban J connectivity index is 0.000000847. The van der Waals surface area contributed by atoms with Crippen LogP contribution in [0.2, 0.25) is 0 Å². The van der Waals surface area contributed by atoms with E-state index in [0.29, 0.717) is 0 Å². The summed E-state index contributed by atoms with van der Waals surface area (Å²) < 4.78 is 1.98. The second kappa shape index (κ2) is 6.89. The molecule has 0 saturated heterocycles. The van der Waals surface area contributed by atoms with Gasteiger partial charge >= 0.3 is 0 Å². The van der Waals surface area contributed by atoms with Crippen molar-refractivity contribution in [3.63, 3.8) is 0 Å². The molecule has 0 spiro atoms. The molecule has 0 aromatic carbocycles. The number of nitrogens with zero attached hydrogens (tertiary/aromatic N) is 3. The third kappa shape index (κ3) is 3.01. The van der Waals surface area contributed by atoms with E-state index in [4.69, 9.17) is 0 Å². The van der Waals surface area contributed by atoms with Crippen molar-refractivity contribution in [3.8, 4) is 11.1 Å². The molecule has 0 saturated carbocycles. The molecule has 0 unspecified atom stereocenters. The molecule has 3 aromatic heterocycles. The number of aromatic amines is 1. The number of pyridine rings is 2. The summed E-state index contributed by atoms with van der Waals surface area (Å²) in [6.07, 6.45) is 5.61. The summed E-state index contributed by atoms with van der Waals surface area (Å²) in [5.74, 6) is 0. The zero-order valence-corrected chi connectivity index (χ0v) is 13.6. The molecule has 3 rings (SSSR count). The van der Waals surface area contributed by atoms with Crippen molar-refractivity contribution in [1.82, 2.24) is 14.5 Å². The summed E-state index contributed by atoms with van der Waals surface area (Å²) in [7, 11) is 1.98. The molecule has 1 N–H and O–H groups in total. The Morgan fingerprint density at radius 2 is 2.00 bits per heavy atom. The van der Waals surface area contributed by atoms with Gasteiger partial charge in [-0.3, -0.25) is 0 Å². The van der Waals surface area contributed by atoms with Crippen molar-refractivity contribution in [2.24, 2.45) is 12.0 Å². The highest BCUT2D eigenvalue weighted by Crippen LogP contribution is 2.26. The average Bonchev–Trinajstić information content (AvgIpc) is 2.94. The number of aromatic nitrogens is 3. The number of rotatable bonds is 2. The summed E-state index contributed by atoms with van der Waals surface area (Å²) in [5, 5.41) is 1.13. The van der Waals surface area contributed by atoms with Gasteiger partial charge in [0.05, 0.1) is 0 Å². The zero-order chi connectivity index (χ0) is 16.1. The van der Waals surface area contributed by atoms with E-state index in [1.807, 2.05) is 50.7 Å². The molecule has 3 aromatic rings. The highest BCUT2D eigenvalue weighted by Gasteiger charge is 2.07. The molecule has 4 nitrogen and oxygen atoms in total. The first-order valence-corrected chi connectivity index (χ1v) is 7.45. The fraction of sp³-hybridized carbons (Fsp3) is 0.222. The van der Waals surface area contributed by atoms with Gasteiger partial charge in [-0.05, 0) is 31.2 Å². The fourth-order valence-corrected chi connectivity index (χ4v) is 2.33. The SMILES string of the molecule is C=CN=c1ccc(-c2c[nH]c3nc(C)ccc23)cn1C.CC. The maximum absolute atomic E-state index is 4.50. The minimum absolute atomic E-state index is 0.873. The van der Waals surface area contributed by atoms with E-state index in [2.05, 4.69) is 39.9 Å². The summed E-state index contributed by atoms with van der Waals surface area (Å²) >= 11 is 0. The average molecular weight is 294 g/mol. The number of fused-ring (bicyclic) bond motifs is 1. The molecule has 3 heterocycles. The Hall–Kier alpha value is -2.62. The van der Waals surface area contributed by atoms with Gasteiger partial charge in [0.1, 0.15) is 11.1 Å². The van der Waals surface area contributed by atoms with Crippen LogP contribution < -0.4 is 5.49 Å². The lowest BCUT2D eigenvalue weighted by atomic mass is 10.1. The first kappa shape index (κ1) is 15.8. The Labute approximate surface area is 130 Å². The smallest absolute Gasteiger partial charge is 0.138 e. The number of hydrogen-bond acceptors (Lipinski definition) is 2. The molecule has 0 aliphatic heterocycles. The van der Waals surface area contributed by atoms with E-state index in [1.54, 1.807) is 6.20 Å². The highest BCUT2D eigenvalue weighted by molar-refractivity contribution is 5.93.